The first-order valence-electron chi connectivity index (χ1n) is 13.8. The van der Waals surface area contributed by atoms with Gasteiger partial charge in [0, 0.05) is 11.8 Å². The molecule has 22 nitrogen and oxygen atoms in total. The van der Waals surface area contributed by atoms with E-state index in [1.54, 1.807) is 13.8 Å². The second kappa shape index (κ2) is 11.0. The zero-order valence-electron chi connectivity index (χ0n) is 23.9. The van der Waals surface area contributed by atoms with Gasteiger partial charge in [-0.25, -0.2) is 19.1 Å². The molecule has 0 amide bonds. The molecule has 10 atom stereocenters. The number of H-pyrrole nitrogens is 2. The molecule has 8 N–H and O–H groups in total. The molecule has 0 aliphatic carbocycles. The minimum atomic E-state index is -4.86. The Balaban J connectivity index is 1.18. The van der Waals surface area contributed by atoms with Crippen LogP contribution >= 0.6 is 15.6 Å². The fraction of sp³-hybridized carbons (Fsp3) is 0.545. The third-order valence-electron chi connectivity index (χ3n) is 8.06. The van der Waals surface area contributed by atoms with Crippen molar-refractivity contribution in [3.05, 3.63) is 33.4 Å². The smallest absolute Gasteiger partial charge is 0.369 e. The molecule has 0 spiro atoms. The SMILES string of the molecule is CC1[C@H]2OP(=O)(O)OC[C@H]3O[C@@H](n4cnc5c(=O)[nH]c(N)nc54)C(C)[C@H]3OP(=O)(O)OC[C@@H]2O[C@H]1n1cnc2c(=O)[nH]c(N)nc21. The maximum Gasteiger partial charge on any atom is 0.472 e. The fourth-order valence-electron chi connectivity index (χ4n) is 5.96. The van der Waals surface area contributed by atoms with Crippen molar-refractivity contribution in [1.29, 1.82) is 0 Å². The average molecular weight is 686 g/mol. The molecule has 4 unspecified atom stereocenters. The van der Waals surface area contributed by atoms with E-state index < -0.39 is 88.7 Å². The lowest BCUT2D eigenvalue weighted by molar-refractivity contribution is -0.0661. The summed E-state index contributed by atoms with van der Waals surface area (Å²) in [4.78, 5) is 67.1. The number of aromatic nitrogens is 8. The molecule has 24 heteroatoms. The molecule has 0 bridgehead atoms. The molecule has 3 saturated heterocycles. The number of rotatable bonds is 2. The van der Waals surface area contributed by atoms with Crippen LogP contribution in [0.5, 0.6) is 0 Å². The molecular weight excluding hydrogens is 658 g/mol. The number of imidazole rings is 2. The number of anilines is 2. The van der Waals surface area contributed by atoms with E-state index >= 15 is 0 Å². The average Bonchev–Trinajstić information content (AvgIpc) is 3.72. The number of nitrogen functional groups attached to an aromatic ring is 2. The molecule has 3 aliphatic heterocycles. The van der Waals surface area contributed by atoms with Crippen LogP contribution in [0.15, 0.2) is 22.2 Å². The van der Waals surface area contributed by atoms with Crippen molar-refractivity contribution in [2.75, 3.05) is 24.7 Å². The second-order valence-electron chi connectivity index (χ2n) is 11.1. The van der Waals surface area contributed by atoms with E-state index in [9.17, 15) is 28.5 Å². The van der Waals surface area contributed by atoms with Crippen molar-refractivity contribution < 1.29 is 46.5 Å². The largest absolute Gasteiger partial charge is 0.472 e. The summed E-state index contributed by atoms with van der Waals surface area (Å²) in [5.74, 6) is -1.86. The van der Waals surface area contributed by atoms with Gasteiger partial charge in [0.05, 0.1) is 25.9 Å². The van der Waals surface area contributed by atoms with Crippen molar-refractivity contribution in [3.63, 3.8) is 0 Å². The first-order chi connectivity index (χ1) is 21.7. The molecule has 3 fully saturated rings. The summed E-state index contributed by atoms with van der Waals surface area (Å²) in [6.45, 7) is 1.97. The van der Waals surface area contributed by atoms with E-state index in [1.807, 2.05) is 0 Å². The Morgan fingerprint density at radius 2 is 1.17 bits per heavy atom. The molecule has 46 heavy (non-hydrogen) atoms. The number of nitrogens with two attached hydrogens (primary N) is 2. The van der Waals surface area contributed by atoms with Gasteiger partial charge in [-0.2, -0.15) is 9.97 Å². The first-order valence-corrected chi connectivity index (χ1v) is 16.8. The predicted octanol–water partition coefficient (Wildman–Crippen LogP) is -0.498. The maximum absolute atomic E-state index is 13.3. The van der Waals surface area contributed by atoms with Gasteiger partial charge >= 0.3 is 15.6 Å². The van der Waals surface area contributed by atoms with Crippen LogP contribution in [-0.4, -0.2) is 86.5 Å². The Hall–Kier alpha value is -3.56. The maximum atomic E-state index is 13.3. The molecule has 3 aliphatic rings. The lowest BCUT2D eigenvalue weighted by atomic mass is 10.0. The molecule has 7 rings (SSSR count). The molecule has 7 heterocycles. The quantitative estimate of drug-likeness (QED) is 0.145. The van der Waals surface area contributed by atoms with Gasteiger partial charge in [-0.1, -0.05) is 13.8 Å². The molecule has 248 valence electrons. The first kappa shape index (κ1) is 31.1. The van der Waals surface area contributed by atoms with Crippen LogP contribution in [0.1, 0.15) is 26.3 Å². The Morgan fingerprint density at radius 1 is 0.783 bits per heavy atom. The highest BCUT2D eigenvalue weighted by Gasteiger charge is 2.52. The highest BCUT2D eigenvalue weighted by atomic mass is 31.2. The van der Waals surface area contributed by atoms with Gasteiger partial charge in [-0.05, 0) is 0 Å². The predicted molar refractivity (Wildman–Crippen MR) is 153 cm³/mol. The fourth-order valence-corrected chi connectivity index (χ4v) is 8.02. The summed E-state index contributed by atoms with van der Waals surface area (Å²) in [5, 5.41) is 0. The van der Waals surface area contributed by atoms with Crippen molar-refractivity contribution in [2.45, 2.75) is 50.7 Å². The lowest BCUT2D eigenvalue weighted by Gasteiger charge is -2.28. The number of aromatic amines is 2. The summed E-state index contributed by atoms with van der Waals surface area (Å²) < 4.78 is 63.1. The van der Waals surface area contributed by atoms with E-state index in [-0.39, 0.29) is 34.2 Å². The van der Waals surface area contributed by atoms with Crippen LogP contribution in [0.25, 0.3) is 22.3 Å². The van der Waals surface area contributed by atoms with Gasteiger partial charge in [0.25, 0.3) is 11.1 Å². The molecule has 0 aromatic carbocycles. The van der Waals surface area contributed by atoms with Crippen LogP contribution in [0.4, 0.5) is 11.9 Å². The van der Waals surface area contributed by atoms with Crippen LogP contribution in [0.3, 0.4) is 0 Å². The molecule has 0 radical (unpaired) electrons. The number of hydrogen-bond acceptors (Lipinski definition) is 16. The van der Waals surface area contributed by atoms with Crippen LogP contribution in [-0.2, 0) is 36.7 Å². The number of nitrogens with zero attached hydrogens (tertiary/aromatic N) is 6. The van der Waals surface area contributed by atoms with Gasteiger partial charge in [-0.3, -0.25) is 46.8 Å². The third-order valence-corrected chi connectivity index (χ3v) is 10.0. The number of hydrogen-bond donors (Lipinski definition) is 6. The molecule has 0 saturated carbocycles. The van der Waals surface area contributed by atoms with Crippen LogP contribution in [0, 0.1) is 11.8 Å². The normalized spacial score (nSPS) is 37.1. The molecule has 4 aromatic heterocycles. The Kier molecular flexibility index (Phi) is 7.44. The highest BCUT2D eigenvalue weighted by molar-refractivity contribution is 7.47. The lowest BCUT2D eigenvalue weighted by Crippen LogP contribution is -2.35. The highest BCUT2D eigenvalue weighted by Crippen LogP contribution is 2.55. The van der Waals surface area contributed by atoms with E-state index in [0.717, 1.165) is 0 Å². The molecular formula is C22H28N10O12P2. The van der Waals surface area contributed by atoms with Gasteiger partial charge in [0.1, 0.15) is 36.9 Å². The van der Waals surface area contributed by atoms with E-state index in [0.29, 0.717) is 0 Å². The number of ether oxygens (including phenoxy) is 2. The van der Waals surface area contributed by atoms with Gasteiger partial charge in [-0.15, -0.1) is 0 Å². The van der Waals surface area contributed by atoms with Gasteiger partial charge in [0.2, 0.25) is 11.9 Å². The number of phosphoric ester groups is 2. The summed E-state index contributed by atoms with van der Waals surface area (Å²) in [6, 6.07) is 0. The third kappa shape index (κ3) is 5.35. The van der Waals surface area contributed by atoms with Crippen molar-refractivity contribution in [1.82, 2.24) is 39.0 Å². The number of nitrogens with one attached hydrogen (secondary N) is 2. The summed E-state index contributed by atoms with van der Waals surface area (Å²) in [6.07, 6.45) is -4.34. The van der Waals surface area contributed by atoms with E-state index in [4.69, 9.17) is 39.0 Å². The zero-order chi connectivity index (χ0) is 32.7. The van der Waals surface area contributed by atoms with E-state index in [1.165, 1.54) is 21.8 Å². The van der Waals surface area contributed by atoms with Crippen molar-refractivity contribution >= 4 is 49.9 Å². The summed E-state index contributed by atoms with van der Waals surface area (Å²) in [7, 11) is -9.72. The topological polar surface area (TPSA) is 309 Å². The summed E-state index contributed by atoms with van der Waals surface area (Å²) in [5.41, 5.74) is 10.3. The minimum Gasteiger partial charge on any atom is -0.369 e. The zero-order valence-corrected chi connectivity index (χ0v) is 25.7. The van der Waals surface area contributed by atoms with Crippen molar-refractivity contribution in [2.24, 2.45) is 11.8 Å². The van der Waals surface area contributed by atoms with E-state index in [2.05, 4.69) is 29.9 Å². The van der Waals surface area contributed by atoms with Gasteiger partial charge < -0.3 is 30.7 Å². The van der Waals surface area contributed by atoms with Crippen molar-refractivity contribution in [3.8, 4) is 0 Å². The Labute approximate surface area is 256 Å². The number of phosphoric acid groups is 2. The Bertz CT molecular complexity index is 1900. The number of fused-ring (bicyclic) bond motifs is 4. The van der Waals surface area contributed by atoms with Gasteiger partial charge in [0.15, 0.2) is 22.3 Å². The van der Waals surface area contributed by atoms with Crippen LogP contribution in [0.2, 0.25) is 0 Å². The monoisotopic (exact) mass is 686 g/mol. The Morgan fingerprint density at radius 3 is 1.57 bits per heavy atom. The summed E-state index contributed by atoms with van der Waals surface area (Å²) >= 11 is 0. The standard InChI is InChI=1S/C22H28N10O12P2/c1-7-13-9(41-19(7)31-5-25-11-15(31)27-21(23)29-17(11)33)3-39-46(37,38)44-14-8(2)20(42-10(14)4-40-45(35,36)43-13)32-6-26-12-16(32)28-22(24)30-18(12)34/h5-10,13-14,19-20H,3-4H2,1-2H3,(H,35,36)(H,37,38)(H3,23,27,29,33)(H3,24,28,30,34)/t7?,8?,9-,10+,13-,14-,19-,20-/m1/s1. The van der Waals surface area contributed by atoms with Crippen LogP contribution < -0.4 is 22.6 Å². The molecule has 4 aromatic rings. The second-order valence-corrected chi connectivity index (χ2v) is 13.9. The minimum absolute atomic E-state index is 0.0359.